The van der Waals surface area contributed by atoms with Gasteiger partial charge in [0.05, 0.1) is 19.9 Å². The van der Waals surface area contributed by atoms with Crippen molar-refractivity contribution in [2.75, 3.05) is 26.2 Å². The van der Waals surface area contributed by atoms with E-state index in [2.05, 4.69) is 15.6 Å². The number of amides is 2. The molecule has 21 heavy (non-hydrogen) atoms. The van der Waals surface area contributed by atoms with Crippen LogP contribution < -0.4 is 15.6 Å². The van der Waals surface area contributed by atoms with Gasteiger partial charge in [0.1, 0.15) is 11.8 Å². The van der Waals surface area contributed by atoms with Crippen LogP contribution in [0.1, 0.15) is 12.8 Å². The third kappa shape index (κ3) is 3.36. The Kier molecular flexibility index (Phi) is 4.86. The Hall–Kier alpha value is -2.44. The van der Waals surface area contributed by atoms with Gasteiger partial charge in [-0.25, -0.2) is 4.79 Å². The summed E-state index contributed by atoms with van der Waals surface area (Å²) in [6, 6.07) is 6.71. The fourth-order valence-corrected chi connectivity index (χ4v) is 2.34. The van der Waals surface area contributed by atoms with Crippen LogP contribution >= 0.6 is 0 Å². The van der Waals surface area contributed by atoms with E-state index >= 15 is 0 Å². The predicted molar refractivity (Wildman–Crippen MR) is 76.9 cm³/mol. The molecule has 7 nitrogen and oxygen atoms in total. The van der Waals surface area contributed by atoms with Crippen molar-refractivity contribution < 1.29 is 19.1 Å². The monoisotopic (exact) mass is 293 g/mol. The lowest BCUT2D eigenvalue weighted by Gasteiger charge is -2.22. The number of likely N-dealkylation sites (tertiary alicyclic amines) is 1. The molecule has 0 spiro atoms. The van der Waals surface area contributed by atoms with Crippen LogP contribution in [-0.2, 0) is 9.53 Å². The molecule has 1 unspecified atom stereocenters. The van der Waals surface area contributed by atoms with Crippen LogP contribution in [0.15, 0.2) is 24.3 Å². The summed E-state index contributed by atoms with van der Waals surface area (Å²) in [7, 11) is 2.86. The number of rotatable bonds is 4. The summed E-state index contributed by atoms with van der Waals surface area (Å²) in [5.74, 6) is 0.345. The van der Waals surface area contributed by atoms with Gasteiger partial charge in [-0.05, 0) is 25.0 Å². The van der Waals surface area contributed by atoms with Gasteiger partial charge in [0.2, 0.25) is 0 Å². The quantitative estimate of drug-likeness (QED) is 0.820. The highest BCUT2D eigenvalue weighted by Gasteiger charge is 2.34. The molecule has 0 radical (unpaired) electrons. The van der Waals surface area contributed by atoms with Crippen LogP contribution in [0.2, 0.25) is 0 Å². The van der Waals surface area contributed by atoms with E-state index in [-0.39, 0.29) is 5.91 Å². The van der Waals surface area contributed by atoms with Gasteiger partial charge in [0, 0.05) is 6.54 Å². The summed E-state index contributed by atoms with van der Waals surface area (Å²) in [6.45, 7) is 0.527. The standard InChI is InChI=1S/C14H19N3O4/c1-20-12-8-4-3-6-10(12)15-16-13(18)11-7-5-9-17(11)14(19)21-2/h3-4,6,8,11,15H,5,7,9H2,1-2H3,(H,16,18). The molecule has 1 heterocycles. The van der Waals surface area contributed by atoms with Crippen LogP contribution in [0.25, 0.3) is 0 Å². The Bertz CT molecular complexity index is 521. The summed E-state index contributed by atoms with van der Waals surface area (Å²) < 4.78 is 9.86. The lowest BCUT2D eigenvalue weighted by atomic mass is 10.2. The first-order valence-electron chi connectivity index (χ1n) is 6.71. The Labute approximate surface area is 123 Å². The summed E-state index contributed by atoms with van der Waals surface area (Å²) in [4.78, 5) is 25.2. The molecule has 2 amide bonds. The molecule has 1 aliphatic rings. The number of ether oxygens (including phenoxy) is 2. The molecule has 1 aromatic carbocycles. The van der Waals surface area contributed by atoms with E-state index in [0.717, 1.165) is 6.42 Å². The zero-order chi connectivity index (χ0) is 15.2. The predicted octanol–water partition coefficient (Wildman–Crippen LogP) is 1.37. The van der Waals surface area contributed by atoms with Gasteiger partial charge in [-0.2, -0.15) is 0 Å². The van der Waals surface area contributed by atoms with E-state index in [0.29, 0.717) is 24.4 Å². The van der Waals surface area contributed by atoms with Crippen molar-refractivity contribution >= 4 is 17.7 Å². The van der Waals surface area contributed by atoms with Crippen LogP contribution in [0, 0.1) is 0 Å². The maximum Gasteiger partial charge on any atom is 0.410 e. The number of benzene rings is 1. The molecule has 114 valence electrons. The second-order valence-corrected chi connectivity index (χ2v) is 4.64. The minimum Gasteiger partial charge on any atom is -0.495 e. The topological polar surface area (TPSA) is 79.9 Å². The van der Waals surface area contributed by atoms with E-state index < -0.39 is 12.1 Å². The first-order valence-corrected chi connectivity index (χ1v) is 6.71. The molecule has 1 aliphatic heterocycles. The van der Waals surface area contributed by atoms with E-state index in [4.69, 9.17) is 4.74 Å². The fourth-order valence-electron chi connectivity index (χ4n) is 2.34. The molecule has 0 bridgehead atoms. The SMILES string of the molecule is COC(=O)N1CCCC1C(=O)NNc1ccccc1OC. The zero-order valence-electron chi connectivity index (χ0n) is 12.1. The van der Waals surface area contributed by atoms with Crippen molar-refractivity contribution in [1.29, 1.82) is 0 Å². The Morgan fingerprint density at radius 3 is 2.76 bits per heavy atom. The fraction of sp³-hybridized carbons (Fsp3) is 0.429. The number of anilines is 1. The van der Waals surface area contributed by atoms with Crippen molar-refractivity contribution in [3.8, 4) is 5.75 Å². The molecule has 2 N–H and O–H groups in total. The van der Waals surface area contributed by atoms with Crippen molar-refractivity contribution in [1.82, 2.24) is 10.3 Å². The van der Waals surface area contributed by atoms with E-state index in [1.807, 2.05) is 12.1 Å². The average Bonchev–Trinajstić information content (AvgIpc) is 3.01. The molecule has 7 heteroatoms. The molecule has 0 saturated carbocycles. The molecule has 1 fully saturated rings. The maximum atomic E-state index is 12.2. The normalized spacial score (nSPS) is 17.2. The minimum absolute atomic E-state index is 0.274. The number of para-hydroxylation sites is 2. The summed E-state index contributed by atoms with van der Waals surface area (Å²) in [5, 5.41) is 0. The van der Waals surface area contributed by atoms with Crippen molar-refractivity contribution in [2.45, 2.75) is 18.9 Å². The number of carbonyl (C=O) groups is 2. The number of nitrogens with zero attached hydrogens (tertiary/aromatic N) is 1. The number of hydrogen-bond acceptors (Lipinski definition) is 5. The second-order valence-electron chi connectivity index (χ2n) is 4.64. The van der Waals surface area contributed by atoms with E-state index in [1.54, 1.807) is 19.2 Å². The maximum absolute atomic E-state index is 12.2. The van der Waals surface area contributed by atoms with Crippen molar-refractivity contribution in [2.24, 2.45) is 0 Å². The molecular weight excluding hydrogens is 274 g/mol. The Morgan fingerprint density at radius 2 is 2.05 bits per heavy atom. The first kappa shape index (κ1) is 15.0. The number of carbonyl (C=O) groups excluding carboxylic acids is 2. The molecular formula is C14H19N3O4. The lowest BCUT2D eigenvalue weighted by molar-refractivity contribution is -0.124. The largest absolute Gasteiger partial charge is 0.495 e. The molecule has 1 atom stereocenters. The van der Waals surface area contributed by atoms with Gasteiger partial charge in [0.15, 0.2) is 0 Å². The average molecular weight is 293 g/mol. The Balaban J connectivity index is 1.97. The second kappa shape index (κ2) is 6.83. The van der Waals surface area contributed by atoms with Crippen LogP contribution in [-0.4, -0.2) is 43.7 Å². The van der Waals surface area contributed by atoms with Crippen LogP contribution in [0.5, 0.6) is 5.75 Å². The van der Waals surface area contributed by atoms with Gasteiger partial charge in [-0.3, -0.25) is 20.5 Å². The third-order valence-electron chi connectivity index (χ3n) is 3.39. The number of hydrazine groups is 1. The number of nitrogens with one attached hydrogen (secondary N) is 2. The summed E-state index contributed by atoms with van der Waals surface area (Å²) in [5.41, 5.74) is 6.07. The minimum atomic E-state index is -0.514. The highest BCUT2D eigenvalue weighted by molar-refractivity contribution is 5.87. The first-order chi connectivity index (χ1) is 10.2. The van der Waals surface area contributed by atoms with Gasteiger partial charge in [0.25, 0.3) is 5.91 Å². The van der Waals surface area contributed by atoms with E-state index in [1.165, 1.54) is 12.0 Å². The third-order valence-corrected chi connectivity index (χ3v) is 3.39. The Morgan fingerprint density at radius 1 is 1.29 bits per heavy atom. The highest BCUT2D eigenvalue weighted by Crippen LogP contribution is 2.22. The van der Waals surface area contributed by atoms with Crippen LogP contribution in [0.3, 0.4) is 0 Å². The smallest absolute Gasteiger partial charge is 0.410 e. The molecule has 2 rings (SSSR count). The number of methoxy groups -OCH3 is 2. The number of hydrogen-bond donors (Lipinski definition) is 2. The van der Waals surface area contributed by atoms with Crippen LogP contribution in [0.4, 0.5) is 10.5 Å². The zero-order valence-corrected chi connectivity index (χ0v) is 12.1. The van der Waals surface area contributed by atoms with Crippen molar-refractivity contribution in [3.63, 3.8) is 0 Å². The summed E-state index contributed by atoms with van der Waals surface area (Å²) in [6.07, 6.45) is 0.918. The summed E-state index contributed by atoms with van der Waals surface area (Å²) >= 11 is 0. The van der Waals surface area contributed by atoms with Gasteiger partial charge < -0.3 is 9.47 Å². The van der Waals surface area contributed by atoms with Gasteiger partial charge in [-0.1, -0.05) is 12.1 Å². The van der Waals surface area contributed by atoms with Gasteiger partial charge in [-0.15, -0.1) is 0 Å². The molecule has 1 aromatic rings. The lowest BCUT2D eigenvalue weighted by Crippen LogP contribution is -2.47. The van der Waals surface area contributed by atoms with Crippen molar-refractivity contribution in [3.05, 3.63) is 24.3 Å². The molecule has 0 aliphatic carbocycles. The molecule has 1 saturated heterocycles. The highest BCUT2D eigenvalue weighted by atomic mass is 16.5. The van der Waals surface area contributed by atoms with E-state index in [9.17, 15) is 9.59 Å². The molecule has 0 aromatic heterocycles. The van der Waals surface area contributed by atoms with Gasteiger partial charge >= 0.3 is 6.09 Å².